The molecule has 0 fully saturated rings. The summed E-state index contributed by atoms with van der Waals surface area (Å²) < 4.78 is 5.84. The number of benzene rings is 2. The van der Waals surface area contributed by atoms with Crippen molar-refractivity contribution >= 4 is 17.2 Å². The molecule has 0 aromatic heterocycles. The molecule has 31 heavy (non-hydrogen) atoms. The zero-order valence-corrected chi connectivity index (χ0v) is 19.3. The fourth-order valence-corrected chi connectivity index (χ4v) is 3.42. The molecule has 0 unspecified atom stereocenters. The molecule has 0 saturated heterocycles. The van der Waals surface area contributed by atoms with Crippen LogP contribution in [0.5, 0.6) is 5.75 Å². The minimum Gasteiger partial charge on any atom is -0.494 e. The number of carbonyl (C=O) groups is 1. The first-order chi connectivity index (χ1) is 15.2. The predicted octanol–water partition coefficient (Wildman–Crippen LogP) is 8.99. The van der Waals surface area contributed by atoms with Crippen LogP contribution in [0.4, 0.5) is 11.4 Å². The lowest BCUT2D eigenvalue weighted by Gasteiger charge is -2.06. The van der Waals surface area contributed by atoms with E-state index in [4.69, 9.17) is 4.74 Å². The van der Waals surface area contributed by atoms with Gasteiger partial charge in [0.15, 0.2) is 5.78 Å². The highest BCUT2D eigenvalue weighted by Crippen LogP contribution is 2.22. The molecule has 168 valence electrons. The summed E-state index contributed by atoms with van der Waals surface area (Å²) >= 11 is 0. The third kappa shape index (κ3) is 10.4. The van der Waals surface area contributed by atoms with Crippen molar-refractivity contribution in [2.24, 2.45) is 10.2 Å². The number of ether oxygens (including phenoxy) is 1. The van der Waals surface area contributed by atoms with Gasteiger partial charge >= 0.3 is 0 Å². The average molecular weight is 423 g/mol. The number of azo groups is 1. The summed E-state index contributed by atoms with van der Waals surface area (Å²) in [6.07, 6.45) is 13.8. The van der Waals surface area contributed by atoms with Crippen molar-refractivity contribution in [2.75, 3.05) is 6.61 Å². The van der Waals surface area contributed by atoms with E-state index in [0.29, 0.717) is 12.0 Å². The van der Waals surface area contributed by atoms with Gasteiger partial charge in [0.2, 0.25) is 0 Å². The van der Waals surface area contributed by atoms with Crippen molar-refractivity contribution in [3.05, 3.63) is 54.1 Å². The Balaban J connectivity index is 1.60. The molecule has 2 aromatic carbocycles. The largest absolute Gasteiger partial charge is 0.494 e. The molecule has 0 spiro atoms. The lowest BCUT2D eigenvalue weighted by Crippen LogP contribution is -1.96. The Morgan fingerprint density at radius 1 is 0.677 bits per heavy atom. The van der Waals surface area contributed by atoms with Gasteiger partial charge in [-0.3, -0.25) is 4.79 Å². The molecule has 4 heteroatoms. The van der Waals surface area contributed by atoms with Gasteiger partial charge in [-0.15, -0.1) is 0 Å². The summed E-state index contributed by atoms with van der Waals surface area (Å²) in [6.45, 7) is 4.89. The Morgan fingerprint density at radius 3 is 1.68 bits per heavy atom. The smallest absolute Gasteiger partial charge is 0.162 e. The van der Waals surface area contributed by atoms with Crippen molar-refractivity contribution in [3.8, 4) is 5.75 Å². The van der Waals surface area contributed by atoms with Crippen LogP contribution in [0.1, 0.15) is 94.8 Å². The summed E-state index contributed by atoms with van der Waals surface area (Å²) in [5.41, 5.74) is 2.22. The fraction of sp³-hybridized carbons (Fsp3) is 0.519. The number of unbranched alkanes of at least 4 members (excludes halogenated alkanes) is 9. The van der Waals surface area contributed by atoms with E-state index in [2.05, 4.69) is 17.2 Å². The number of hydrogen-bond donors (Lipinski definition) is 0. The highest BCUT2D eigenvalue weighted by atomic mass is 16.5. The van der Waals surface area contributed by atoms with E-state index in [9.17, 15) is 4.79 Å². The Kier molecular flexibility index (Phi) is 12.3. The van der Waals surface area contributed by atoms with Gasteiger partial charge in [0, 0.05) is 12.0 Å². The van der Waals surface area contributed by atoms with Gasteiger partial charge in [-0.05, 0) is 55.0 Å². The van der Waals surface area contributed by atoms with Crippen molar-refractivity contribution in [1.82, 2.24) is 0 Å². The molecule has 0 atom stereocenters. The molecule has 0 bridgehead atoms. The summed E-state index contributed by atoms with van der Waals surface area (Å²) in [4.78, 5) is 11.7. The number of ketones is 1. The Morgan fingerprint density at radius 2 is 1.16 bits per heavy atom. The van der Waals surface area contributed by atoms with E-state index < -0.39 is 0 Å². The molecule has 0 amide bonds. The third-order valence-corrected chi connectivity index (χ3v) is 5.39. The highest BCUT2D eigenvalue weighted by molar-refractivity contribution is 5.96. The minimum absolute atomic E-state index is 0.136. The van der Waals surface area contributed by atoms with Crippen LogP contribution >= 0.6 is 0 Å². The van der Waals surface area contributed by atoms with E-state index in [1.54, 1.807) is 12.1 Å². The summed E-state index contributed by atoms with van der Waals surface area (Å²) in [6, 6.07) is 14.9. The Labute approximate surface area is 188 Å². The van der Waals surface area contributed by atoms with Crippen LogP contribution in [0.25, 0.3) is 0 Å². The average Bonchev–Trinajstić information content (AvgIpc) is 2.82. The zero-order valence-electron chi connectivity index (χ0n) is 19.3. The number of Topliss-reactive ketones (excluding diaryl/α,β-unsaturated/α-hetero) is 1. The second kappa shape index (κ2) is 15.3. The minimum atomic E-state index is 0.136. The number of hydrogen-bond acceptors (Lipinski definition) is 4. The fourth-order valence-electron chi connectivity index (χ4n) is 3.42. The molecule has 2 aromatic rings. The van der Waals surface area contributed by atoms with Crippen molar-refractivity contribution in [1.29, 1.82) is 0 Å². The van der Waals surface area contributed by atoms with Crippen LogP contribution in [-0.2, 0) is 0 Å². The first-order valence-electron chi connectivity index (χ1n) is 12.0. The van der Waals surface area contributed by atoms with Crippen molar-refractivity contribution < 1.29 is 9.53 Å². The first-order valence-corrected chi connectivity index (χ1v) is 12.0. The van der Waals surface area contributed by atoms with Gasteiger partial charge in [0.25, 0.3) is 0 Å². The van der Waals surface area contributed by atoms with Gasteiger partial charge in [-0.2, -0.15) is 10.2 Å². The van der Waals surface area contributed by atoms with Gasteiger partial charge in [-0.25, -0.2) is 0 Å². The molecule has 0 aliphatic rings. The maximum absolute atomic E-state index is 11.7. The quantitative estimate of drug-likeness (QED) is 0.154. The predicted molar refractivity (Wildman–Crippen MR) is 129 cm³/mol. The number of carbonyl (C=O) groups excluding carboxylic acids is 1. The van der Waals surface area contributed by atoms with E-state index in [1.807, 2.05) is 43.3 Å². The maximum Gasteiger partial charge on any atom is 0.162 e. The van der Waals surface area contributed by atoms with Crippen LogP contribution in [0, 0.1) is 0 Å². The van der Waals surface area contributed by atoms with Crippen molar-refractivity contribution in [2.45, 2.75) is 84.5 Å². The molecule has 0 heterocycles. The molecule has 0 aliphatic carbocycles. The first kappa shape index (κ1) is 24.8. The van der Waals surface area contributed by atoms with Gasteiger partial charge in [0.05, 0.1) is 18.0 Å². The molecule has 0 radical (unpaired) electrons. The lowest BCUT2D eigenvalue weighted by atomic mass is 10.1. The summed E-state index contributed by atoms with van der Waals surface area (Å²) in [7, 11) is 0. The molecular formula is C27H38N2O2. The second-order valence-corrected chi connectivity index (χ2v) is 8.05. The molecule has 0 aliphatic heterocycles. The monoisotopic (exact) mass is 422 g/mol. The van der Waals surface area contributed by atoms with Gasteiger partial charge in [-0.1, -0.05) is 71.6 Å². The van der Waals surface area contributed by atoms with Crippen LogP contribution in [0.3, 0.4) is 0 Å². The van der Waals surface area contributed by atoms with Crippen LogP contribution < -0.4 is 4.74 Å². The van der Waals surface area contributed by atoms with Gasteiger partial charge in [0.1, 0.15) is 5.75 Å². The molecular weight excluding hydrogens is 384 g/mol. The molecule has 4 nitrogen and oxygen atoms in total. The normalized spacial score (nSPS) is 11.2. The third-order valence-electron chi connectivity index (χ3n) is 5.39. The van der Waals surface area contributed by atoms with Crippen molar-refractivity contribution in [3.63, 3.8) is 0 Å². The van der Waals surface area contributed by atoms with Crippen LogP contribution in [-0.4, -0.2) is 12.4 Å². The maximum atomic E-state index is 11.7. The SMILES string of the molecule is CCCCCCCCCCCCOc1ccc(N=Nc2ccc(C(=O)CC)cc2)cc1. The number of nitrogens with zero attached hydrogens (tertiary/aromatic N) is 2. The Bertz CT molecular complexity index is 767. The molecule has 0 saturated carbocycles. The standard InChI is InChI=1S/C27H38N2O2/c1-3-5-6-7-8-9-10-11-12-13-22-31-26-20-18-25(19-21-26)29-28-24-16-14-23(15-17-24)27(30)4-2/h14-21H,3-13,22H2,1-2H3. The highest BCUT2D eigenvalue weighted by Gasteiger charge is 2.02. The van der Waals surface area contributed by atoms with E-state index >= 15 is 0 Å². The van der Waals surface area contributed by atoms with E-state index in [-0.39, 0.29) is 5.78 Å². The number of rotatable bonds is 16. The second-order valence-electron chi connectivity index (χ2n) is 8.05. The molecule has 2 rings (SSSR count). The van der Waals surface area contributed by atoms with Gasteiger partial charge < -0.3 is 4.74 Å². The summed E-state index contributed by atoms with van der Waals surface area (Å²) in [5.74, 6) is 1.01. The Hall–Kier alpha value is -2.49. The van der Waals surface area contributed by atoms with E-state index in [0.717, 1.165) is 30.2 Å². The lowest BCUT2D eigenvalue weighted by molar-refractivity contribution is 0.0988. The zero-order chi connectivity index (χ0) is 22.2. The molecule has 0 N–H and O–H groups in total. The topological polar surface area (TPSA) is 51.0 Å². The summed E-state index contributed by atoms with van der Waals surface area (Å²) in [5, 5.41) is 8.50. The van der Waals surface area contributed by atoms with Crippen LogP contribution in [0.2, 0.25) is 0 Å². The van der Waals surface area contributed by atoms with E-state index in [1.165, 1.54) is 57.8 Å². The van der Waals surface area contributed by atoms with Crippen LogP contribution in [0.15, 0.2) is 58.8 Å².